The second-order valence-corrected chi connectivity index (χ2v) is 8.34. The molecule has 0 aliphatic rings. The van der Waals surface area contributed by atoms with Crippen LogP contribution in [-0.4, -0.2) is 38.4 Å². The summed E-state index contributed by atoms with van der Waals surface area (Å²) in [6, 6.07) is 5.37. The summed E-state index contributed by atoms with van der Waals surface area (Å²) in [5.41, 5.74) is 0. The van der Waals surface area contributed by atoms with Gasteiger partial charge in [-0.05, 0) is 24.3 Å². The second-order valence-electron chi connectivity index (χ2n) is 5.44. The monoisotopic (exact) mass is 446 g/mol. The van der Waals surface area contributed by atoms with Gasteiger partial charge in [0.2, 0.25) is 0 Å². The molecule has 0 radical (unpaired) electrons. The van der Waals surface area contributed by atoms with E-state index >= 15 is 0 Å². The van der Waals surface area contributed by atoms with Gasteiger partial charge in [-0.15, -0.1) is 0 Å². The van der Waals surface area contributed by atoms with Gasteiger partial charge in [0.15, 0.2) is 10.6 Å². The Morgan fingerprint density at radius 1 is 0.828 bits per heavy atom. The number of carbonyl (C=O) groups is 2. The predicted molar refractivity (Wildman–Crippen MR) is 94.8 cm³/mol. The van der Waals surface area contributed by atoms with E-state index in [1.165, 1.54) is 0 Å². The van der Waals surface area contributed by atoms with Gasteiger partial charge in [0.05, 0.1) is 0 Å². The van der Waals surface area contributed by atoms with Gasteiger partial charge in [-0.25, -0.2) is 0 Å². The van der Waals surface area contributed by atoms with Crippen molar-refractivity contribution >= 4 is 32.2 Å². The summed E-state index contributed by atoms with van der Waals surface area (Å²) >= 11 is 0. The van der Waals surface area contributed by atoms with Gasteiger partial charge in [0, 0.05) is 26.0 Å². The molecule has 2 aromatic carbocycles. The summed E-state index contributed by atoms with van der Waals surface area (Å²) in [6.45, 7) is 2.07. The molecule has 2 N–H and O–H groups in total. The van der Waals surface area contributed by atoms with E-state index < -0.39 is 59.2 Å². The number of aromatic hydroxyl groups is 1. The Kier molecular flexibility index (Phi) is 6.15. The van der Waals surface area contributed by atoms with Crippen molar-refractivity contribution in [1.82, 2.24) is 0 Å². The fraction of sp³-hybridized carbons (Fsp3) is 0.125. The van der Waals surface area contributed by atoms with Crippen molar-refractivity contribution < 1.29 is 49.7 Å². The first-order valence-electron chi connectivity index (χ1n) is 7.55. The third-order valence-electron chi connectivity index (χ3n) is 3.11. The van der Waals surface area contributed by atoms with Gasteiger partial charge in [0.25, 0.3) is 10.1 Å². The number of phenolic OH excluding ortho intramolecular Hbond substituents is 1. The number of carbonyl (C=O) groups excluding carboxylic acids is 2. The lowest BCUT2D eigenvalue weighted by molar-refractivity contribution is -0.132. The topological polar surface area (TPSA) is 171 Å². The molecule has 0 aliphatic carbocycles. The summed E-state index contributed by atoms with van der Waals surface area (Å²) in [4.78, 5) is 20.4. The number of esters is 2. The fourth-order valence-electron chi connectivity index (χ4n) is 2.08. The van der Waals surface area contributed by atoms with Crippen LogP contribution >= 0.6 is 0 Å². The van der Waals surface area contributed by atoms with Crippen LogP contribution in [0, 0.1) is 0 Å². The predicted octanol–water partition coefficient (Wildman–Crippen LogP) is 1.26. The van der Waals surface area contributed by atoms with Crippen LogP contribution in [0.3, 0.4) is 0 Å². The summed E-state index contributed by atoms with van der Waals surface area (Å²) in [5.74, 6) is -3.67. The van der Waals surface area contributed by atoms with Crippen LogP contribution in [0.25, 0.3) is 0 Å². The Balaban J connectivity index is 2.48. The Bertz CT molecular complexity index is 1180. The third-order valence-corrected chi connectivity index (χ3v) is 5.27. The van der Waals surface area contributed by atoms with Crippen molar-refractivity contribution in [2.24, 2.45) is 0 Å². The Labute approximate surface area is 165 Å². The number of phenols is 1. The van der Waals surface area contributed by atoms with Gasteiger partial charge >= 0.3 is 22.1 Å². The molecule has 0 unspecified atom stereocenters. The minimum absolute atomic E-state index is 0.193. The van der Waals surface area contributed by atoms with Crippen LogP contribution < -0.4 is 13.7 Å². The maximum atomic E-state index is 12.5. The lowest BCUT2D eigenvalue weighted by Crippen LogP contribution is -2.12. The van der Waals surface area contributed by atoms with E-state index in [0.29, 0.717) is 6.07 Å². The molecule has 0 atom stereocenters. The second kappa shape index (κ2) is 8.06. The molecule has 156 valence electrons. The summed E-state index contributed by atoms with van der Waals surface area (Å²) in [6.07, 6.45) is 0. The molecule has 0 amide bonds. The molecule has 29 heavy (non-hydrogen) atoms. The zero-order valence-corrected chi connectivity index (χ0v) is 16.5. The van der Waals surface area contributed by atoms with E-state index in [1.807, 2.05) is 0 Å². The van der Waals surface area contributed by atoms with E-state index in [2.05, 4.69) is 4.74 Å². The van der Waals surface area contributed by atoms with Crippen molar-refractivity contribution in [1.29, 1.82) is 0 Å². The van der Waals surface area contributed by atoms with Gasteiger partial charge in [0.1, 0.15) is 22.1 Å². The Hall–Kier alpha value is -3.16. The molecule has 2 aromatic rings. The molecule has 0 aliphatic heterocycles. The van der Waals surface area contributed by atoms with Crippen LogP contribution in [0.2, 0.25) is 0 Å². The maximum absolute atomic E-state index is 12.5. The maximum Gasteiger partial charge on any atom is 0.343 e. The van der Waals surface area contributed by atoms with E-state index in [0.717, 1.165) is 44.2 Å². The lowest BCUT2D eigenvalue weighted by Gasteiger charge is -2.12. The lowest BCUT2D eigenvalue weighted by atomic mass is 10.3. The molecule has 0 heterocycles. The zero-order chi connectivity index (χ0) is 22.0. The van der Waals surface area contributed by atoms with Crippen LogP contribution in [-0.2, 0) is 29.8 Å². The highest BCUT2D eigenvalue weighted by atomic mass is 32.2. The van der Waals surface area contributed by atoms with Crippen molar-refractivity contribution in [3.63, 3.8) is 0 Å². The fourth-order valence-corrected chi connectivity index (χ4v) is 3.74. The van der Waals surface area contributed by atoms with E-state index in [9.17, 15) is 36.1 Å². The van der Waals surface area contributed by atoms with Gasteiger partial charge in [-0.3, -0.25) is 14.1 Å². The number of ether oxygens (including phenoxy) is 2. The van der Waals surface area contributed by atoms with Crippen LogP contribution in [0.1, 0.15) is 13.8 Å². The molecule has 2 rings (SSSR count). The summed E-state index contributed by atoms with van der Waals surface area (Å²) in [5, 5.41) is 9.82. The zero-order valence-electron chi connectivity index (χ0n) is 14.8. The number of hydrogen-bond donors (Lipinski definition) is 2. The van der Waals surface area contributed by atoms with Crippen molar-refractivity contribution in [3.05, 3.63) is 36.4 Å². The normalized spacial score (nSPS) is 11.6. The van der Waals surface area contributed by atoms with Crippen molar-refractivity contribution in [2.75, 3.05) is 0 Å². The minimum atomic E-state index is -4.91. The minimum Gasteiger partial charge on any atom is -0.506 e. The molecular formula is C16H14O11S2. The SMILES string of the molecule is CC(=O)Oc1ccc(O)c(S(=O)(=O)Oc2ccc(OC(C)=O)c(S(=O)(=O)O)c2)c1. The van der Waals surface area contributed by atoms with E-state index in [1.54, 1.807) is 0 Å². The first-order chi connectivity index (χ1) is 13.3. The average molecular weight is 446 g/mol. The first-order valence-corrected chi connectivity index (χ1v) is 10.4. The molecule has 11 nitrogen and oxygen atoms in total. The standard InChI is InChI=1S/C16H14O11S2/c1-9(17)25-11-3-5-13(19)15(7-11)29(23,24)27-12-4-6-14(26-10(2)18)16(8-12)28(20,21)22/h3-8,19H,1-2H3,(H,20,21,22). The van der Waals surface area contributed by atoms with Crippen molar-refractivity contribution in [3.8, 4) is 23.0 Å². The summed E-state index contributed by atoms with van der Waals surface area (Å²) in [7, 11) is -9.64. The molecule has 0 saturated carbocycles. The number of hydrogen-bond acceptors (Lipinski definition) is 10. The van der Waals surface area contributed by atoms with E-state index in [-0.39, 0.29) is 5.75 Å². The third kappa shape index (κ3) is 5.66. The van der Waals surface area contributed by atoms with Crippen molar-refractivity contribution in [2.45, 2.75) is 23.6 Å². The highest BCUT2D eigenvalue weighted by molar-refractivity contribution is 7.87. The smallest absolute Gasteiger partial charge is 0.343 e. The molecule has 0 bridgehead atoms. The van der Waals surface area contributed by atoms with Crippen LogP contribution in [0.4, 0.5) is 0 Å². The quantitative estimate of drug-likeness (QED) is 0.283. The molecule has 0 fully saturated rings. The molecule has 13 heteroatoms. The van der Waals surface area contributed by atoms with Crippen LogP contribution in [0.15, 0.2) is 46.2 Å². The van der Waals surface area contributed by atoms with Gasteiger partial charge in [-0.1, -0.05) is 0 Å². The molecule has 0 aromatic heterocycles. The average Bonchev–Trinajstić information content (AvgIpc) is 2.55. The number of benzene rings is 2. The Morgan fingerprint density at radius 3 is 1.93 bits per heavy atom. The summed E-state index contributed by atoms with van der Waals surface area (Å²) < 4.78 is 71.4. The van der Waals surface area contributed by atoms with Crippen LogP contribution in [0.5, 0.6) is 23.0 Å². The molecule has 0 saturated heterocycles. The van der Waals surface area contributed by atoms with Gasteiger partial charge < -0.3 is 18.8 Å². The molecular weight excluding hydrogens is 432 g/mol. The number of rotatable bonds is 6. The largest absolute Gasteiger partial charge is 0.506 e. The van der Waals surface area contributed by atoms with E-state index in [4.69, 9.17) is 8.92 Å². The van der Waals surface area contributed by atoms with Gasteiger partial charge in [-0.2, -0.15) is 16.8 Å². The highest BCUT2D eigenvalue weighted by Crippen LogP contribution is 2.33. The highest BCUT2D eigenvalue weighted by Gasteiger charge is 2.25. The Morgan fingerprint density at radius 2 is 1.38 bits per heavy atom. The molecule has 0 spiro atoms. The first kappa shape index (κ1) is 22.1.